The fourth-order valence-electron chi connectivity index (χ4n) is 2.59. The van der Waals surface area contributed by atoms with Crippen molar-refractivity contribution < 1.29 is 30.6 Å². The Morgan fingerprint density at radius 2 is 1.82 bits per heavy atom. The zero-order chi connectivity index (χ0) is 24.1. The van der Waals surface area contributed by atoms with Crippen LogP contribution in [0.5, 0.6) is 5.75 Å². The quantitative estimate of drug-likeness (QED) is 0.273. The molecule has 3 rings (SSSR count). The van der Waals surface area contributed by atoms with Gasteiger partial charge in [-0.25, -0.2) is 5.43 Å². The van der Waals surface area contributed by atoms with Gasteiger partial charge in [0, 0.05) is 22.4 Å². The van der Waals surface area contributed by atoms with Crippen molar-refractivity contribution in [2.75, 3.05) is 0 Å². The SMILES string of the molecule is O=C(Cc1cncc(Br)c1)N/N=C/c1ccccc1OS(=O)(=O)c1ccc(C(F)(F)F)cc1. The molecule has 0 aliphatic rings. The van der Waals surface area contributed by atoms with E-state index in [9.17, 15) is 26.4 Å². The average Bonchev–Trinajstić information content (AvgIpc) is 2.74. The molecule has 0 aliphatic heterocycles. The Labute approximate surface area is 195 Å². The van der Waals surface area contributed by atoms with Gasteiger partial charge in [0.05, 0.1) is 18.2 Å². The largest absolute Gasteiger partial charge is 0.416 e. The van der Waals surface area contributed by atoms with Crippen LogP contribution in [0.2, 0.25) is 0 Å². The van der Waals surface area contributed by atoms with Crippen LogP contribution in [0.1, 0.15) is 16.7 Å². The molecule has 2 aromatic carbocycles. The number of hydrogen-bond donors (Lipinski definition) is 1. The number of rotatable bonds is 7. The van der Waals surface area contributed by atoms with Crippen molar-refractivity contribution in [3.05, 3.63) is 88.2 Å². The average molecular weight is 542 g/mol. The van der Waals surface area contributed by atoms with Crippen LogP contribution < -0.4 is 9.61 Å². The third-order valence-electron chi connectivity index (χ3n) is 4.11. The molecular formula is C21H15BrF3N3O4S. The van der Waals surface area contributed by atoms with Crippen LogP contribution in [-0.4, -0.2) is 25.5 Å². The maximum Gasteiger partial charge on any atom is 0.416 e. The van der Waals surface area contributed by atoms with Crippen LogP contribution in [-0.2, 0) is 27.5 Å². The molecule has 12 heteroatoms. The molecule has 0 bridgehead atoms. The number of benzene rings is 2. The highest BCUT2D eigenvalue weighted by atomic mass is 79.9. The number of halogens is 4. The van der Waals surface area contributed by atoms with Gasteiger partial charge in [-0.15, -0.1) is 0 Å². The standard InChI is InChI=1S/C21H15BrF3N3O4S/c22-17-9-14(11-26-13-17)10-20(29)28-27-12-15-3-1-2-4-19(15)32-33(30,31)18-7-5-16(6-8-18)21(23,24)25/h1-9,11-13H,10H2,(H,28,29)/b27-12+. The van der Waals surface area contributed by atoms with Crippen LogP contribution in [0.4, 0.5) is 13.2 Å². The molecule has 1 heterocycles. The van der Waals surface area contributed by atoms with Crippen molar-refractivity contribution in [1.29, 1.82) is 0 Å². The first kappa shape index (κ1) is 24.4. The summed E-state index contributed by atoms with van der Waals surface area (Å²) in [4.78, 5) is 15.5. The zero-order valence-electron chi connectivity index (χ0n) is 16.6. The Hall–Kier alpha value is -3.25. The van der Waals surface area contributed by atoms with Crippen molar-refractivity contribution >= 4 is 38.2 Å². The second kappa shape index (κ2) is 10.1. The Balaban J connectivity index is 1.70. The van der Waals surface area contributed by atoms with E-state index in [-0.39, 0.29) is 17.7 Å². The minimum absolute atomic E-state index is 0.0181. The molecule has 33 heavy (non-hydrogen) atoms. The number of para-hydroxylation sites is 1. The number of alkyl halides is 3. The van der Waals surface area contributed by atoms with Crippen molar-refractivity contribution in [2.45, 2.75) is 17.5 Å². The Morgan fingerprint density at radius 1 is 1.12 bits per heavy atom. The van der Waals surface area contributed by atoms with E-state index in [2.05, 4.69) is 31.4 Å². The van der Waals surface area contributed by atoms with Gasteiger partial charge in [0.2, 0.25) is 5.91 Å². The van der Waals surface area contributed by atoms with Crippen molar-refractivity contribution in [3.63, 3.8) is 0 Å². The number of carbonyl (C=O) groups excluding carboxylic acids is 1. The highest BCUT2D eigenvalue weighted by Crippen LogP contribution is 2.30. The number of nitrogens with one attached hydrogen (secondary N) is 1. The van der Waals surface area contributed by atoms with Gasteiger partial charge in [-0.3, -0.25) is 9.78 Å². The van der Waals surface area contributed by atoms with Gasteiger partial charge in [-0.1, -0.05) is 12.1 Å². The number of aromatic nitrogens is 1. The molecule has 0 unspecified atom stereocenters. The maximum atomic E-state index is 12.7. The summed E-state index contributed by atoms with van der Waals surface area (Å²) < 4.78 is 68.9. The lowest BCUT2D eigenvalue weighted by Crippen LogP contribution is -2.20. The predicted molar refractivity (Wildman–Crippen MR) is 117 cm³/mol. The van der Waals surface area contributed by atoms with Crippen LogP contribution >= 0.6 is 15.9 Å². The maximum absolute atomic E-state index is 12.7. The molecule has 0 aliphatic carbocycles. The molecule has 0 spiro atoms. The van der Waals surface area contributed by atoms with Gasteiger partial charge in [0.25, 0.3) is 0 Å². The monoisotopic (exact) mass is 541 g/mol. The van der Waals surface area contributed by atoms with Crippen molar-refractivity contribution in [1.82, 2.24) is 10.4 Å². The normalized spacial score (nSPS) is 12.0. The summed E-state index contributed by atoms with van der Waals surface area (Å²) in [5, 5.41) is 3.81. The summed E-state index contributed by atoms with van der Waals surface area (Å²) in [6.45, 7) is 0. The van der Waals surface area contributed by atoms with Crippen LogP contribution in [0.15, 0.2) is 81.5 Å². The van der Waals surface area contributed by atoms with Crippen molar-refractivity contribution in [2.24, 2.45) is 5.10 Å². The number of carbonyl (C=O) groups is 1. The van der Waals surface area contributed by atoms with E-state index in [4.69, 9.17) is 4.18 Å². The zero-order valence-corrected chi connectivity index (χ0v) is 19.0. The van der Waals surface area contributed by atoms with E-state index in [1.165, 1.54) is 30.6 Å². The first-order valence-corrected chi connectivity index (χ1v) is 11.4. The number of hydrogen-bond acceptors (Lipinski definition) is 6. The van der Waals surface area contributed by atoms with Gasteiger partial charge in [-0.05, 0) is 64.0 Å². The Morgan fingerprint density at radius 3 is 2.48 bits per heavy atom. The topological polar surface area (TPSA) is 97.7 Å². The number of nitrogens with zero attached hydrogens (tertiary/aromatic N) is 2. The lowest BCUT2D eigenvalue weighted by atomic mass is 10.2. The van der Waals surface area contributed by atoms with Gasteiger partial charge in [-0.2, -0.15) is 26.7 Å². The van der Waals surface area contributed by atoms with Crippen LogP contribution in [0.25, 0.3) is 0 Å². The van der Waals surface area contributed by atoms with E-state index >= 15 is 0 Å². The van der Waals surface area contributed by atoms with E-state index in [0.717, 1.165) is 16.6 Å². The number of amides is 1. The fraction of sp³-hybridized carbons (Fsp3) is 0.0952. The van der Waals surface area contributed by atoms with Crippen LogP contribution in [0, 0.1) is 0 Å². The first-order valence-electron chi connectivity index (χ1n) is 9.17. The molecule has 172 valence electrons. The lowest BCUT2D eigenvalue weighted by molar-refractivity contribution is -0.137. The smallest absolute Gasteiger partial charge is 0.378 e. The van der Waals surface area contributed by atoms with Gasteiger partial charge in [0.15, 0.2) is 5.75 Å². The minimum atomic E-state index is -4.59. The van der Waals surface area contributed by atoms with Crippen molar-refractivity contribution in [3.8, 4) is 5.75 Å². The third kappa shape index (κ3) is 6.86. The summed E-state index contributed by atoms with van der Waals surface area (Å²) in [7, 11) is -4.41. The second-order valence-corrected chi connectivity index (χ2v) is 9.04. The molecule has 0 fully saturated rings. The highest BCUT2D eigenvalue weighted by molar-refractivity contribution is 9.10. The first-order chi connectivity index (χ1) is 15.5. The van der Waals surface area contributed by atoms with E-state index < -0.39 is 32.7 Å². The van der Waals surface area contributed by atoms with Crippen LogP contribution in [0.3, 0.4) is 0 Å². The van der Waals surface area contributed by atoms with E-state index in [1.54, 1.807) is 18.3 Å². The number of pyridine rings is 1. The van der Waals surface area contributed by atoms with Gasteiger partial charge in [0.1, 0.15) is 4.90 Å². The molecule has 0 saturated heterocycles. The summed E-state index contributed by atoms with van der Waals surface area (Å²) in [6.07, 6.45) is -0.276. The second-order valence-electron chi connectivity index (χ2n) is 6.58. The molecule has 7 nitrogen and oxygen atoms in total. The Bertz CT molecular complexity index is 1280. The fourth-order valence-corrected chi connectivity index (χ4v) is 3.96. The molecule has 1 amide bonds. The summed E-state index contributed by atoms with van der Waals surface area (Å²) in [5.41, 5.74) is 2.21. The lowest BCUT2D eigenvalue weighted by Gasteiger charge is -2.11. The molecule has 0 atom stereocenters. The van der Waals surface area contributed by atoms with Gasteiger partial charge < -0.3 is 4.18 Å². The number of hydrazone groups is 1. The Kier molecular flexibility index (Phi) is 7.49. The summed E-state index contributed by atoms with van der Waals surface area (Å²) in [5.74, 6) is -0.548. The minimum Gasteiger partial charge on any atom is -0.378 e. The third-order valence-corrected chi connectivity index (χ3v) is 5.79. The summed E-state index contributed by atoms with van der Waals surface area (Å²) >= 11 is 3.26. The molecule has 0 radical (unpaired) electrons. The molecule has 1 aromatic heterocycles. The molecule has 3 aromatic rings. The van der Waals surface area contributed by atoms with E-state index in [1.807, 2.05) is 0 Å². The summed E-state index contributed by atoms with van der Waals surface area (Å²) in [6, 6.07) is 10.6. The molecular weight excluding hydrogens is 527 g/mol. The van der Waals surface area contributed by atoms with Gasteiger partial charge >= 0.3 is 16.3 Å². The molecule has 1 N–H and O–H groups in total. The highest BCUT2D eigenvalue weighted by Gasteiger charge is 2.31. The molecule has 0 saturated carbocycles. The van der Waals surface area contributed by atoms with E-state index in [0.29, 0.717) is 17.7 Å². The predicted octanol–water partition coefficient (Wildman–Crippen LogP) is 4.32.